The molecule has 3 fully saturated rings. The lowest BCUT2D eigenvalue weighted by atomic mass is 9.84. The van der Waals surface area contributed by atoms with Gasteiger partial charge in [0.15, 0.2) is 0 Å². The standard InChI is InChI=1S/C20H22N4OS/c25-13-17-5-6-20(26-17)16-3-1-14(2-4-16)18-11-24(22-21-18)19-12-23-9-7-15(19)8-10-23/h1-6,11,15,19,25H,7-10,12-13H2/t19-/m0/s1. The largest absolute Gasteiger partial charge is 0.391 e. The zero-order chi connectivity index (χ0) is 17.5. The summed E-state index contributed by atoms with van der Waals surface area (Å²) < 4.78 is 2.09. The monoisotopic (exact) mass is 366 g/mol. The molecule has 0 amide bonds. The minimum Gasteiger partial charge on any atom is -0.391 e. The summed E-state index contributed by atoms with van der Waals surface area (Å²) in [7, 11) is 0. The van der Waals surface area contributed by atoms with E-state index in [1.54, 1.807) is 11.3 Å². The van der Waals surface area contributed by atoms with Crippen molar-refractivity contribution in [3.05, 3.63) is 47.5 Å². The van der Waals surface area contributed by atoms with Crippen LogP contribution in [0.15, 0.2) is 42.6 Å². The van der Waals surface area contributed by atoms with Crippen molar-refractivity contribution in [1.29, 1.82) is 0 Å². The molecule has 1 aromatic carbocycles. The Balaban J connectivity index is 1.36. The van der Waals surface area contributed by atoms with E-state index in [1.807, 2.05) is 6.07 Å². The van der Waals surface area contributed by atoms with E-state index in [0.29, 0.717) is 6.04 Å². The second-order valence-corrected chi connectivity index (χ2v) is 8.46. The van der Waals surface area contributed by atoms with Gasteiger partial charge in [-0.2, -0.15) is 0 Å². The highest BCUT2D eigenvalue weighted by molar-refractivity contribution is 7.15. The number of rotatable bonds is 4. The van der Waals surface area contributed by atoms with Gasteiger partial charge in [0.1, 0.15) is 5.69 Å². The van der Waals surface area contributed by atoms with Gasteiger partial charge in [0.2, 0.25) is 0 Å². The van der Waals surface area contributed by atoms with Gasteiger partial charge in [-0.25, -0.2) is 4.68 Å². The number of piperidine rings is 3. The molecule has 2 aromatic heterocycles. The molecule has 26 heavy (non-hydrogen) atoms. The summed E-state index contributed by atoms with van der Waals surface area (Å²) in [6.45, 7) is 3.69. The summed E-state index contributed by atoms with van der Waals surface area (Å²) >= 11 is 1.63. The summed E-state index contributed by atoms with van der Waals surface area (Å²) in [5.74, 6) is 0.747. The van der Waals surface area contributed by atoms with Gasteiger partial charge in [-0.05, 0) is 49.5 Å². The van der Waals surface area contributed by atoms with Crippen LogP contribution in [0.4, 0.5) is 0 Å². The average molecular weight is 366 g/mol. The van der Waals surface area contributed by atoms with Crippen LogP contribution in [0.2, 0.25) is 0 Å². The van der Waals surface area contributed by atoms with Crippen LogP contribution < -0.4 is 0 Å². The number of benzene rings is 1. The van der Waals surface area contributed by atoms with E-state index >= 15 is 0 Å². The van der Waals surface area contributed by atoms with E-state index in [4.69, 9.17) is 0 Å². The van der Waals surface area contributed by atoms with Gasteiger partial charge in [0, 0.05) is 21.9 Å². The molecular formula is C20H22N4OS. The Morgan fingerprint density at radius 1 is 1.04 bits per heavy atom. The molecule has 6 rings (SSSR count). The van der Waals surface area contributed by atoms with Crippen LogP contribution in [0.5, 0.6) is 0 Å². The van der Waals surface area contributed by atoms with Gasteiger partial charge in [-0.15, -0.1) is 16.4 Å². The Labute approximate surface area is 156 Å². The number of thiophene rings is 1. The molecule has 0 radical (unpaired) electrons. The maximum Gasteiger partial charge on any atom is 0.113 e. The predicted octanol–water partition coefficient (Wildman–Crippen LogP) is 3.43. The Morgan fingerprint density at radius 3 is 2.46 bits per heavy atom. The molecule has 3 aromatic rings. The maximum absolute atomic E-state index is 9.23. The van der Waals surface area contributed by atoms with Gasteiger partial charge in [0.05, 0.1) is 18.8 Å². The number of fused-ring (bicyclic) bond motifs is 3. The number of aromatic nitrogens is 3. The summed E-state index contributed by atoms with van der Waals surface area (Å²) in [5.41, 5.74) is 3.21. The lowest BCUT2D eigenvalue weighted by Crippen LogP contribution is -2.48. The van der Waals surface area contributed by atoms with Gasteiger partial charge < -0.3 is 10.0 Å². The molecule has 1 N–H and O–H groups in total. The molecule has 0 unspecified atom stereocenters. The Bertz CT molecular complexity index is 893. The molecule has 3 aliphatic rings. The lowest BCUT2D eigenvalue weighted by Gasteiger charge is -2.44. The van der Waals surface area contributed by atoms with Crippen molar-refractivity contribution >= 4 is 11.3 Å². The summed E-state index contributed by atoms with van der Waals surface area (Å²) in [5, 5.41) is 18.1. The van der Waals surface area contributed by atoms with Crippen molar-refractivity contribution in [1.82, 2.24) is 19.9 Å². The fraction of sp³-hybridized carbons (Fsp3) is 0.400. The molecular weight excluding hydrogens is 344 g/mol. The Hall–Kier alpha value is -2.02. The highest BCUT2D eigenvalue weighted by Gasteiger charge is 2.35. The van der Waals surface area contributed by atoms with Gasteiger partial charge >= 0.3 is 0 Å². The molecule has 134 valence electrons. The summed E-state index contributed by atoms with van der Waals surface area (Å²) in [6.07, 6.45) is 4.67. The fourth-order valence-electron chi connectivity index (χ4n) is 4.23. The van der Waals surface area contributed by atoms with Crippen LogP contribution >= 0.6 is 11.3 Å². The zero-order valence-electron chi connectivity index (χ0n) is 14.6. The Kier molecular flexibility index (Phi) is 4.11. The van der Waals surface area contributed by atoms with Crippen molar-refractivity contribution in [3.8, 4) is 21.7 Å². The van der Waals surface area contributed by atoms with Crippen LogP contribution in [-0.2, 0) is 6.61 Å². The van der Waals surface area contributed by atoms with Crippen molar-refractivity contribution in [2.75, 3.05) is 19.6 Å². The highest BCUT2D eigenvalue weighted by Crippen LogP contribution is 2.36. The molecule has 2 bridgehead atoms. The second-order valence-electron chi connectivity index (χ2n) is 7.29. The number of hydrogen-bond acceptors (Lipinski definition) is 5. The summed E-state index contributed by atoms with van der Waals surface area (Å²) in [4.78, 5) is 4.71. The van der Waals surface area contributed by atoms with Crippen molar-refractivity contribution in [2.45, 2.75) is 25.5 Å². The van der Waals surface area contributed by atoms with Crippen molar-refractivity contribution < 1.29 is 5.11 Å². The van der Waals surface area contributed by atoms with E-state index in [2.05, 4.69) is 56.4 Å². The second kappa shape index (κ2) is 6.61. The van der Waals surface area contributed by atoms with Crippen LogP contribution in [0.1, 0.15) is 23.8 Å². The molecule has 3 saturated heterocycles. The van der Waals surface area contributed by atoms with Gasteiger partial charge in [-0.1, -0.05) is 29.5 Å². The predicted molar refractivity (Wildman–Crippen MR) is 103 cm³/mol. The van der Waals surface area contributed by atoms with Crippen molar-refractivity contribution in [2.24, 2.45) is 5.92 Å². The minimum atomic E-state index is 0.103. The van der Waals surface area contributed by atoms with E-state index < -0.39 is 0 Å². The maximum atomic E-state index is 9.23. The average Bonchev–Trinajstić information content (AvgIpc) is 3.39. The lowest BCUT2D eigenvalue weighted by molar-refractivity contribution is 0.0504. The highest BCUT2D eigenvalue weighted by atomic mass is 32.1. The number of aliphatic hydroxyl groups is 1. The normalized spacial score (nSPS) is 24.9. The third kappa shape index (κ3) is 2.88. The van der Waals surface area contributed by atoms with Crippen LogP contribution in [0.3, 0.4) is 0 Å². The molecule has 6 heteroatoms. The third-order valence-corrected chi connectivity index (χ3v) is 6.87. The molecule has 5 heterocycles. The van der Waals surface area contributed by atoms with Crippen LogP contribution in [-0.4, -0.2) is 44.6 Å². The molecule has 5 nitrogen and oxygen atoms in total. The first-order valence-corrected chi connectivity index (χ1v) is 10.1. The third-order valence-electron chi connectivity index (χ3n) is 5.75. The quantitative estimate of drug-likeness (QED) is 0.769. The number of hydrogen-bond donors (Lipinski definition) is 1. The molecule has 0 aliphatic carbocycles. The fourth-order valence-corrected chi connectivity index (χ4v) is 5.10. The molecule has 0 spiro atoms. The first-order chi connectivity index (χ1) is 12.8. The first kappa shape index (κ1) is 16.2. The molecule has 1 atom stereocenters. The topological polar surface area (TPSA) is 54.2 Å². The smallest absolute Gasteiger partial charge is 0.113 e. The van der Waals surface area contributed by atoms with E-state index in [-0.39, 0.29) is 6.61 Å². The van der Waals surface area contributed by atoms with Crippen LogP contribution in [0.25, 0.3) is 21.7 Å². The SMILES string of the molecule is OCc1ccc(-c2ccc(-c3cn([C@H]4CN5CCC4CC5)nn3)cc2)s1. The number of aliphatic hydroxyl groups excluding tert-OH is 1. The molecule has 0 saturated carbocycles. The minimum absolute atomic E-state index is 0.103. The van der Waals surface area contributed by atoms with Crippen molar-refractivity contribution in [3.63, 3.8) is 0 Å². The first-order valence-electron chi connectivity index (χ1n) is 9.25. The van der Waals surface area contributed by atoms with Gasteiger partial charge in [-0.3, -0.25) is 0 Å². The Morgan fingerprint density at radius 2 is 1.81 bits per heavy atom. The van der Waals surface area contributed by atoms with Gasteiger partial charge in [0.25, 0.3) is 0 Å². The number of nitrogens with zero attached hydrogens (tertiary/aromatic N) is 4. The summed E-state index contributed by atoms with van der Waals surface area (Å²) in [6, 6.07) is 13.0. The van der Waals surface area contributed by atoms with E-state index in [1.165, 1.54) is 36.4 Å². The van der Waals surface area contributed by atoms with Crippen LogP contribution in [0, 0.1) is 5.92 Å². The van der Waals surface area contributed by atoms with E-state index in [0.717, 1.165) is 28.6 Å². The zero-order valence-corrected chi connectivity index (χ0v) is 15.4. The molecule has 3 aliphatic heterocycles. The van der Waals surface area contributed by atoms with E-state index in [9.17, 15) is 5.11 Å².